The van der Waals surface area contributed by atoms with E-state index in [2.05, 4.69) is 26.9 Å². The van der Waals surface area contributed by atoms with Crippen molar-refractivity contribution in [2.45, 2.75) is 29.8 Å². The minimum atomic E-state index is 0.495. The smallest absolute Gasteiger partial charge is 0.132 e. The van der Waals surface area contributed by atoms with Gasteiger partial charge < -0.3 is 5.73 Å². The first-order valence-corrected chi connectivity index (χ1v) is 7.59. The van der Waals surface area contributed by atoms with Crippen molar-refractivity contribution in [1.29, 1.82) is 0 Å². The fourth-order valence-electron chi connectivity index (χ4n) is 2.04. The number of nitrogens with zero attached hydrogens (tertiary/aromatic N) is 4. The van der Waals surface area contributed by atoms with Crippen LogP contribution in [0.2, 0.25) is 0 Å². The fraction of sp³-hybridized carbons (Fsp3) is 0.200. The van der Waals surface area contributed by atoms with Gasteiger partial charge in [0.1, 0.15) is 28.0 Å². The lowest BCUT2D eigenvalue weighted by atomic mass is 10.2. The number of aryl methyl sites for hydroxylation is 1. The number of rotatable bonds is 4. The number of benzene rings is 1. The van der Waals surface area contributed by atoms with Gasteiger partial charge >= 0.3 is 0 Å². The highest BCUT2D eigenvalue weighted by molar-refractivity contribution is 7.99. The summed E-state index contributed by atoms with van der Waals surface area (Å²) in [5, 5.41) is 2.70. The first-order chi connectivity index (χ1) is 10.3. The molecule has 0 spiro atoms. The van der Waals surface area contributed by atoms with Crippen LogP contribution in [0.25, 0.3) is 10.9 Å². The lowest BCUT2D eigenvalue weighted by Crippen LogP contribution is -2.00. The highest BCUT2D eigenvalue weighted by Gasteiger charge is 2.08. The van der Waals surface area contributed by atoms with Gasteiger partial charge in [0.05, 0.1) is 5.52 Å². The Kier molecular flexibility index (Phi) is 3.96. The molecule has 1 aromatic carbocycles. The zero-order valence-corrected chi connectivity index (χ0v) is 12.5. The number of fused-ring (bicyclic) bond motifs is 1. The highest BCUT2D eigenvalue weighted by atomic mass is 32.2. The van der Waals surface area contributed by atoms with Gasteiger partial charge in [-0.1, -0.05) is 25.1 Å². The maximum atomic E-state index is 5.86. The topological polar surface area (TPSA) is 77.6 Å². The van der Waals surface area contributed by atoms with Crippen LogP contribution in [-0.2, 0) is 6.42 Å². The lowest BCUT2D eigenvalue weighted by Gasteiger charge is -2.06. The van der Waals surface area contributed by atoms with Gasteiger partial charge in [-0.15, -0.1) is 0 Å². The normalized spacial score (nSPS) is 10.9. The Hall–Kier alpha value is -2.21. The van der Waals surface area contributed by atoms with Crippen LogP contribution < -0.4 is 5.73 Å². The van der Waals surface area contributed by atoms with Gasteiger partial charge in [-0.05, 0) is 24.2 Å². The van der Waals surface area contributed by atoms with E-state index in [9.17, 15) is 0 Å². The van der Waals surface area contributed by atoms with Gasteiger partial charge in [0, 0.05) is 17.9 Å². The van der Waals surface area contributed by atoms with E-state index in [0.717, 1.165) is 39.6 Å². The molecular weight excluding hydrogens is 282 g/mol. The molecule has 0 radical (unpaired) electrons. The number of anilines is 1. The van der Waals surface area contributed by atoms with Crippen LogP contribution in [0.15, 0.2) is 46.7 Å². The molecule has 0 aliphatic heterocycles. The maximum Gasteiger partial charge on any atom is 0.132 e. The van der Waals surface area contributed by atoms with E-state index in [1.165, 1.54) is 11.8 Å². The second-order valence-electron chi connectivity index (χ2n) is 4.60. The Balaban J connectivity index is 1.98. The molecule has 0 aliphatic rings. The molecule has 0 bridgehead atoms. The fourth-order valence-corrected chi connectivity index (χ4v) is 2.95. The molecule has 2 aromatic heterocycles. The van der Waals surface area contributed by atoms with Crippen LogP contribution in [0.3, 0.4) is 0 Å². The van der Waals surface area contributed by atoms with Crippen molar-refractivity contribution in [2.75, 3.05) is 5.73 Å². The third kappa shape index (κ3) is 3.11. The summed E-state index contributed by atoms with van der Waals surface area (Å²) in [6.45, 7) is 2.09. The van der Waals surface area contributed by atoms with Gasteiger partial charge in [-0.3, -0.25) is 0 Å². The van der Waals surface area contributed by atoms with E-state index in [0.29, 0.717) is 5.82 Å². The number of nitrogens with two attached hydrogens (primary N) is 1. The number of para-hydroxylation sites is 1. The molecule has 0 fully saturated rings. The van der Waals surface area contributed by atoms with Crippen molar-refractivity contribution in [2.24, 2.45) is 0 Å². The number of hydrogen-bond donors (Lipinski definition) is 1. The molecule has 0 atom stereocenters. The second-order valence-corrected chi connectivity index (χ2v) is 5.60. The highest BCUT2D eigenvalue weighted by Crippen LogP contribution is 2.30. The molecule has 5 nitrogen and oxygen atoms in total. The molecule has 6 heteroatoms. The molecule has 0 unspecified atom stereocenters. The number of aromatic nitrogens is 4. The van der Waals surface area contributed by atoms with E-state index in [1.807, 2.05) is 24.3 Å². The van der Waals surface area contributed by atoms with Crippen molar-refractivity contribution in [1.82, 2.24) is 19.9 Å². The Bertz CT molecular complexity index is 770. The third-order valence-corrected chi connectivity index (χ3v) is 3.89. The molecule has 3 aromatic rings. The molecule has 3 rings (SSSR count). The minimum Gasteiger partial charge on any atom is -0.384 e. The first-order valence-electron chi connectivity index (χ1n) is 6.77. The summed E-state index contributed by atoms with van der Waals surface area (Å²) in [6.07, 6.45) is 3.38. The van der Waals surface area contributed by atoms with Crippen LogP contribution in [0, 0.1) is 0 Å². The van der Waals surface area contributed by atoms with Gasteiger partial charge in [0.25, 0.3) is 0 Å². The van der Waals surface area contributed by atoms with Gasteiger partial charge in [0.2, 0.25) is 0 Å². The van der Waals surface area contributed by atoms with Crippen LogP contribution in [0.5, 0.6) is 0 Å². The standard InChI is InChI=1S/C15H15N5S/c1-2-5-13-19-12(16)8-14(20-13)21-15-10-6-3-4-7-11(10)17-9-18-15/h3-4,6-9H,2,5H2,1H3,(H2,16,19,20). The summed E-state index contributed by atoms with van der Waals surface area (Å²) >= 11 is 1.49. The van der Waals surface area contributed by atoms with Crippen molar-refractivity contribution < 1.29 is 0 Å². The summed E-state index contributed by atoms with van der Waals surface area (Å²) in [5.41, 5.74) is 6.78. The summed E-state index contributed by atoms with van der Waals surface area (Å²) in [6, 6.07) is 9.70. The summed E-state index contributed by atoms with van der Waals surface area (Å²) < 4.78 is 0. The third-order valence-electron chi connectivity index (χ3n) is 2.95. The van der Waals surface area contributed by atoms with E-state index in [-0.39, 0.29) is 0 Å². The lowest BCUT2D eigenvalue weighted by molar-refractivity contribution is 0.813. The average molecular weight is 297 g/mol. The van der Waals surface area contributed by atoms with Crippen molar-refractivity contribution >= 4 is 28.5 Å². The molecule has 0 aliphatic carbocycles. The zero-order chi connectivity index (χ0) is 14.7. The number of hydrogen-bond acceptors (Lipinski definition) is 6. The Morgan fingerprint density at radius 3 is 2.86 bits per heavy atom. The minimum absolute atomic E-state index is 0.495. The molecule has 0 amide bonds. The molecule has 0 saturated heterocycles. The summed E-state index contributed by atoms with van der Waals surface area (Å²) in [7, 11) is 0. The Morgan fingerprint density at radius 1 is 1.14 bits per heavy atom. The molecule has 106 valence electrons. The SMILES string of the molecule is CCCc1nc(N)cc(Sc2ncnc3ccccc23)n1. The van der Waals surface area contributed by atoms with Crippen LogP contribution in [0.1, 0.15) is 19.2 Å². The van der Waals surface area contributed by atoms with Crippen LogP contribution in [0.4, 0.5) is 5.82 Å². The van der Waals surface area contributed by atoms with Crippen molar-refractivity contribution in [3.05, 3.63) is 42.5 Å². The van der Waals surface area contributed by atoms with Crippen LogP contribution >= 0.6 is 11.8 Å². The molecule has 2 heterocycles. The zero-order valence-electron chi connectivity index (χ0n) is 11.7. The van der Waals surface area contributed by atoms with Crippen molar-refractivity contribution in [3.63, 3.8) is 0 Å². The Morgan fingerprint density at radius 2 is 2.00 bits per heavy atom. The monoisotopic (exact) mass is 297 g/mol. The molecule has 21 heavy (non-hydrogen) atoms. The predicted octanol–water partition coefficient (Wildman–Crippen LogP) is 3.11. The molecule has 0 saturated carbocycles. The predicted molar refractivity (Wildman–Crippen MR) is 84.1 cm³/mol. The molecule has 2 N–H and O–H groups in total. The summed E-state index contributed by atoms with van der Waals surface area (Å²) in [4.78, 5) is 17.4. The van der Waals surface area contributed by atoms with E-state index < -0.39 is 0 Å². The first kappa shape index (κ1) is 13.8. The van der Waals surface area contributed by atoms with E-state index in [1.54, 1.807) is 12.4 Å². The average Bonchev–Trinajstić information content (AvgIpc) is 2.47. The van der Waals surface area contributed by atoms with E-state index in [4.69, 9.17) is 5.73 Å². The van der Waals surface area contributed by atoms with Crippen LogP contribution in [-0.4, -0.2) is 19.9 Å². The Labute approximate surface area is 127 Å². The molecular formula is C15H15N5S. The second kappa shape index (κ2) is 6.05. The summed E-state index contributed by atoms with van der Waals surface area (Å²) in [5.74, 6) is 1.27. The van der Waals surface area contributed by atoms with Gasteiger partial charge in [0.15, 0.2) is 0 Å². The van der Waals surface area contributed by atoms with Gasteiger partial charge in [-0.2, -0.15) is 0 Å². The van der Waals surface area contributed by atoms with E-state index >= 15 is 0 Å². The van der Waals surface area contributed by atoms with Gasteiger partial charge in [-0.25, -0.2) is 19.9 Å². The van der Waals surface area contributed by atoms with Crippen molar-refractivity contribution in [3.8, 4) is 0 Å². The maximum absolute atomic E-state index is 5.86. The quantitative estimate of drug-likeness (QED) is 0.746. The largest absolute Gasteiger partial charge is 0.384 e. The number of nitrogen functional groups attached to an aromatic ring is 1.